The third-order valence-corrected chi connectivity index (χ3v) is 4.23. The summed E-state index contributed by atoms with van der Waals surface area (Å²) in [6, 6.07) is 6.12. The minimum Gasteiger partial charge on any atom is -0.336 e. The number of likely N-dealkylation sites (tertiary alicyclic amines) is 1. The Balaban J connectivity index is 1.55. The topological polar surface area (TPSA) is 51.0 Å². The van der Waals surface area contributed by atoms with Gasteiger partial charge in [0.25, 0.3) is 0 Å². The van der Waals surface area contributed by atoms with Crippen LogP contribution in [0, 0.1) is 0 Å². The number of carbonyl (C=O) groups excluding carboxylic acids is 1. The van der Waals surface area contributed by atoms with Crippen LogP contribution in [0.4, 0.5) is 0 Å². The zero-order chi connectivity index (χ0) is 15.4. The van der Waals surface area contributed by atoms with Gasteiger partial charge >= 0.3 is 0 Å². The SMILES string of the molecule is Cn1cc([C@H]2CCCN2C(=O)CCCc2ccccn2)cn1. The molecule has 0 unspecified atom stereocenters. The van der Waals surface area contributed by atoms with E-state index in [0.717, 1.165) is 43.5 Å². The van der Waals surface area contributed by atoms with Gasteiger partial charge in [0.05, 0.1) is 12.2 Å². The first-order valence-corrected chi connectivity index (χ1v) is 7.92. The number of aromatic nitrogens is 3. The second-order valence-corrected chi connectivity index (χ2v) is 5.87. The summed E-state index contributed by atoms with van der Waals surface area (Å²) in [5, 5.41) is 4.23. The number of rotatable bonds is 5. The van der Waals surface area contributed by atoms with Crippen LogP contribution in [0.3, 0.4) is 0 Å². The van der Waals surface area contributed by atoms with Crippen LogP contribution in [0.25, 0.3) is 0 Å². The van der Waals surface area contributed by atoms with Gasteiger partial charge < -0.3 is 4.90 Å². The van der Waals surface area contributed by atoms with E-state index in [2.05, 4.69) is 10.1 Å². The lowest BCUT2D eigenvalue weighted by Crippen LogP contribution is -2.30. The van der Waals surface area contributed by atoms with E-state index in [-0.39, 0.29) is 11.9 Å². The molecule has 0 bridgehead atoms. The van der Waals surface area contributed by atoms with Gasteiger partial charge in [-0.3, -0.25) is 14.5 Å². The summed E-state index contributed by atoms with van der Waals surface area (Å²) in [6.07, 6.45) is 10.1. The molecule has 1 amide bonds. The van der Waals surface area contributed by atoms with Crippen molar-refractivity contribution < 1.29 is 4.79 Å². The van der Waals surface area contributed by atoms with E-state index in [1.54, 1.807) is 10.9 Å². The van der Waals surface area contributed by atoms with Gasteiger partial charge in [0.1, 0.15) is 0 Å². The number of aryl methyl sites for hydroxylation is 2. The Bertz CT molecular complexity index is 623. The van der Waals surface area contributed by atoms with E-state index in [1.165, 1.54) is 0 Å². The Morgan fingerprint density at radius 2 is 2.32 bits per heavy atom. The van der Waals surface area contributed by atoms with Crippen molar-refractivity contribution in [2.24, 2.45) is 7.05 Å². The molecule has 0 aliphatic carbocycles. The summed E-state index contributed by atoms with van der Waals surface area (Å²) in [4.78, 5) is 18.8. The lowest BCUT2D eigenvalue weighted by Gasteiger charge is -2.24. The van der Waals surface area contributed by atoms with Crippen LogP contribution in [0.15, 0.2) is 36.8 Å². The van der Waals surface area contributed by atoms with Gasteiger partial charge in [-0.15, -0.1) is 0 Å². The number of amides is 1. The van der Waals surface area contributed by atoms with Crippen molar-refractivity contribution >= 4 is 5.91 Å². The molecule has 3 rings (SSSR count). The molecule has 2 aromatic heterocycles. The third kappa shape index (κ3) is 3.35. The smallest absolute Gasteiger partial charge is 0.223 e. The first kappa shape index (κ1) is 14.8. The summed E-state index contributed by atoms with van der Waals surface area (Å²) in [5.74, 6) is 0.252. The molecule has 3 heterocycles. The maximum Gasteiger partial charge on any atom is 0.223 e. The van der Waals surface area contributed by atoms with Gasteiger partial charge in [-0.25, -0.2) is 0 Å². The Labute approximate surface area is 131 Å². The number of hydrogen-bond acceptors (Lipinski definition) is 3. The average molecular weight is 298 g/mol. The molecule has 22 heavy (non-hydrogen) atoms. The van der Waals surface area contributed by atoms with Crippen molar-refractivity contribution in [3.05, 3.63) is 48.0 Å². The van der Waals surface area contributed by atoms with Crippen molar-refractivity contribution in [2.75, 3.05) is 6.54 Å². The van der Waals surface area contributed by atoms with Gasteiger partial charge in [-0.05, 0) is 37.8 Å². The molecule has 2 aromatic rings. The highest BCUT2D eigenvalue weighted by Crippen LogP contribution is 2.32. The molecule has 1 fully saturated rings. The van der Waals surface area contributed by atoms with Crippen LogP contribution in [0.5, 0.6) is 0 Å². The highest BCUT2D eigenvalue weighted by atomic mass is 16.2. The van der Waals surface area contributed by atoms with E-state index in [4.69, 9.17) is 0 Å². The molecule has 0 saturated carbocycles. The lowest BCUT2D eigenvalue weighted by atomic mass is 10.1. The monoisotopic (exact) mass is 298 g/mol. The molecule has 0 aromatic carbocycles. The Kier molecular flexibility index (Phi) is 4.51. The third-order valence-electron chi connectivity index (χ3n) is 4.23. The molecule has 5 nitrogen and oxygen atoms in total. The number of carbonyl (C=O) groups is 1. The van der Waals surface area contributed by atoms with Crippen LogP contribution in [-0.2, 0) is 18.3 Å². The number of pyridine rings is 1. The molecule has 0 N–H and O–H groups in total. The summed E-state index contributed by atoms with van der Waals surface area (Å²) in [5.41, 5.74) is 2.21. The minimum atomic E-state index is 0.205. The zero-order valence-corrected chi connectivity index (χ0v) is 13.0. The summed E-state index contributed by atoms with van der Waals surface area (Å²) in [7, 11) is 1.91. The molecule has 5 heteroatoms. The van der Waals surface area contributed by atoms with Crippen LogP contribution in [0.2, 0.25) is 0 Å². The minimum absolute atomic E-state index is 0.205. The molecule has 1 atom stereocenters. The van der Waals surface area contributed by atoms with Gasteiger partial charge in [0.15, 0.2) is 0 Å². The fourth-order valence-corrected chi connectivity index (χ4v) is 3.13. The molecule has 116 valence electrons. The quantitative estimate of drug-likeness (QED) is 0.852. The lowest BCUT2D eigenvalue weighted by molar-refractivity contribution is -0.132. The molecule has 1 aliphatic heterocycles. The fourth-order valence-electron chi connectivity index (χ4n) is 3.13. The molecular formula is C17H22N4O. The summed E-state index contributed by atoms with van der Waals surface area (Å²) < 4.78 is 1.80. The van der Waals surface area contributed by atoms with Crippen molar-refractivity contribution in [1.29, 1.82) is 0 Å². The van der Waals surface area contributed by atoms with Crippen LogP contribution < -0.4 is 0 Å². The van der Waals surface area contributed by atoms with E-state index in [0.29, 0.717) is 6.42 Å². The molecule has 0 radical (unpaired) electrons. The molecule has 0 spiro atoms. The largest absolute Gasteiger partial charge is 0.336 e. The van der Waals surface area contributed by atoms with Gasteiger partial charge in [0, 0.05) is 43.7 Å². The Morgan fingerprint density at radius 3 is 3.05 bits per heavy atom. The van der Waals surface area contributed by atoms with Crippen molar-refractivity contribution in [3.63, 3.8) is 0 Å². The first-order chi connectivity index (χ1) is 10.7. The van der Waals surface area contributed by atoms with Gasteiger partial charge in [0.2, 0.25) is 5.91 Å². The number of hydrogen-bond donors (Lipinski definition) is 0. The van der Waals surface area contributed by atoms with E-state index < -0.39 is 0 Å². The van der Waals surface area contributed by atoms with Crippen LogP contribution in [-0.4, -0.2) is 32.1 Å². The van der Waals surface area contributed by atoms with Crippen molar-refractivity contribution in [3.8, 4) is 0 Å². The highest BCUT2D eigenvalue weighted by molar-refractivity contribution is 5.77. The highest BCUT2D eigenvalue weighted by Gasteiger charge is 2.30. The van der Waals surface area contributed by atoms with E-state index >= 15 is 0 Å². The predicted octanol–water partition coefficient (Wildman–Crippen LogP) is 2.50. The van der Waals surface area contributed by atoms with Gasteiger partial charge in [-0.1, -0.05) is 6.07 Å². The fraction of sp³-hybridized carbons (Fsp3) is 0.471. The molecule has 1 saturated heterocycles. The first-order valence-electron chi connectivity index (χ1n) is 7.92. The average Bonchev–Trinajstić information content (AvgIpc) is 3.16. The normalized spacial score (nSPS) is 17.9. The summed E-state index contributed by atoms with van der Waals surface area (Å²) >= 11 is 0. The molecular weight excluding hydrogens is 276 g/mol. The number of nitrogens with zero attached hydrogens (tertiary/aromatic N) is 4. The van der Waals surface area contributed by atoms with E-state index in [9.17, 15) is 4.79 Å². The standard InChI is InChI=1S/C17H22N4O/c1-20-13-14(12-19-20)16-8-5-11-21(16)17(22)9-4-7-15-6-2-3-10-18-15/h2-3,6,10,12-13,16H,4-5,7-9,11H2,1H3/t16-/m1/s1. The second kappa shape index (κ2) is 6.73. The Hall–Kier alpha value is -2.17. The zero-order valence-electron chi connectivity index (χ0n) is 13.0. The maximum absolute atomic E-state index is 12.5. The van der Waals surface area contributed by atoms with Crippen molar-refractivity contribution in [1.82, 2.24) is 19.7 Å². The van der Waals surface area contributed by atoms with Crippen molar-refractivity contribution in [2.45, 2.75) is 38.1 Å². The second-order valence-electron chi connectivity index (χ2n) is 5.87. The maximum atomic E-state index is 12.5. The Morgan fingerprint density at radius 1 is 1.41 bits per heavy atom. The summed E-state index contributed by atoms with van der Waals surface area (Å²) in [6.45, 7) is 0.863. The van der Waals surface area contributed by atoms with Gasteiger partial charge in [-0.2, -0.15) is 5.10 Å². The molecule has 1 aliphatic rings. The predicted molar refractivity (Wildman–Crippen MR) is 84.1 cm³/mol. The van der Waals surface area contributed by atoms with Crippen LogP contribution in [0.1, 0.15) is 43.0 Å². The van der Waals surface area contributed by atoms with Crippen LogP contribution >= 0.6 is 0 Å². The van der Waals surface area contributed by atoms with E-state index in [1.807, 2.05) is 42.5 Å².